The van der Waals surface area contributed by atoms with Crippen LogP contribution in [-0.2, 0) is 12.8 Å². The van der Waals surface area contributed by atoms with Crippen molar-refractivity contribution >= 4 is 5.65 Å². The van der Waals surface area contributed by atoms with Gasteiger partial charge in [0.25, 0.3) is 0 Å². The first kappa shape index (κ1) is 19.1. The first-order valence-electron chi connectivity index (χ1n) is 10.4. The number of aromatic nitrogens is 5. The van der Waals surface area contributed by atoms with Gasteiger partial charge in [-0.05, 0) is 56.0 Å². The summed E-state index contributed by atoms with van der Waals surface area (Å²) in [4.78, 5) is 18.2. The van der Waals surface area contributed by atoms with Gasteiger partial charge in [-0.2, -0.15) is 0 Å². The molecule has 0 saturated heterocycles. The lowest BCUT2D eigenvalue weighted by Gasteiger charge is -2.09. The molecule has 0 aliphatic carbocycles. The van der Waals surface area contributed by atoms with E-state index in [1.54, 1.807) is 6.20 Å². The van der Waals surface area contributed by atoms with E-state index in [9.17, 15) is 0 Å². The van der Waals surface area contributed by atoms with Gasteiger partial charge in [-0.3, -0.25) is 19.4 Å². The third kappa shape index (κ3) is 3.82. The van der Waals surface area contributed by atoms with Gasteiger partial charge < -0.3 is 0 Å². The lowest BCUT2D eigenvalue weighted by Crippen LogP contribution is -2.01. The molecule has 0 aliphatic heterocycles. The summed E-state index contributed by atoms with van der Waals surface area (Å²) in [5, 5.41) is 0. The van der Waals surface area contributed by atoms with Crippen LogP contribution in [-0.4, -0.2) is 24.3 Å². The molecule has 152 valence electrons. The van der Waals surface area contributed by atoms with E-state index in [0.717, 1.165) is 46.7 Å². The highest BCUT2D eigenvalue weighted by molar-refractivity contribution is 5.64. The maximum absolute atomic E-state index is 4.76. The molecule has 0 amide bonds. The standard InChI is InChI=1S/C26H23N5/c1-18-5-3-6-21(13-18)25-19(2)14-20(15-29-25)8-9-23-26-30-17-24(31(26)12-11-28-23)22-7-4-10-27-16-22/h3-7,10-17H,8-9H2,1-2H3. The maximum atomic E-state index is 4.76. The molecule has 5 nitrogen and oxygen atoms in total. The number of fused-ring (bicyclic) bond motifs is 1. The molecule has 0 fully saturated rings. The van der Waals surface area contributed by atoms with E-state index >= 15 is 0 Å². The van der Waals surface area contributed by atoms with E-state index in [4.69, 9.17) is 4.98 Å². The first-order chi connectivity index (χ1) is 15.2. The van der Waals surface area contributed by atoms with Crippen LogP contribution < -0.4 is 0 Å². The van der Waals surface area contributed by atoms with Crippen LogP contribution in [0.2, 0.25) is 0 Å². The van der Waals surface area contributed by atoms with Gasteiger partial charge in [-0.1, -0.05) is 29.8 Å². The number of nitrogens with zero attached hydrogens (tertiary/aromatic N) is 5. The van der Waals surface area contributed by atoms with Crippen molar-refractivity contribution in [1.29, 1.82) is 0 Å². The fourth-order valence-corrected chi connectivity index (χ4v) is 4.00. The summed E-state index contributed by atoms with van der Waals surface area (Å²) in [6, 6.07) is 14.7. The van der Waals surface area contributed by atoms with Crippen LogP contribution >= 0.6 is 0 Å². The van der Waals surface area contributed by atoms with E-state index in [2.05, 4.69) is 63.5 Å². The molecule has 0 spiro atoms. The highest BCUT2D eigenvalue weighted by Gasteiger charge is 2.11. The minimum absolute atomic E-state index is 0.804. The Morgan fingerprint density at radius 3 is 2.52 bits per heavy atom. The Balaban J connectivity index is 1.39. The molecule has 0 unspecified atom stereocenters. The molecule has 5 heteroatoms. The van der Waals surface area contributed by atoms with Gasteiger partial charge in [0.2, 0.25) is 0 Å². The molecule has 1 aromatic carbocycles. The van der Waals surface area contributed by atoms with Crippen molar-refractivity contribution < 1.29 is 0 Å². The average Bonchev–Trinajstić information content (AvgIpc) is 3.23. The summed E-state index contributed by atoms with van der Waals surface area (Å²) < 4.78 is 2.09. The van der Waals surface area contributed by atoms with Crippen LogP contribution in [0.5, 0.6) is 0 Å². The lowest BCUT2D eigenvalue weighted by molar-refractivity contribution is 0.895. The summed E-state index contributed by atoms with van der Waals surface area (Å²) in [7, 11) is 0. The second-order valence-corrected chi connectivity index (χ2v) is 7.83. The van der Waals surface area contributed by atoms with Crippen molar-refractivity contribution in [2.75, 3.05) is 0 Å². The normalized spacial score (nSPS) is 11.2. The Morgan fingerprint density at radius 1 is 0.806 bits per heavy atom. The third-order valence-electron chi connectivity index (χ3n) is 5.54. The predicted molar refractivity (Wildman–Crippen MR) is 123 cm³/mol. The van der Waals surface area contributed by atoms with Crippen LogP contribution in [0.3, 0.4) is 0 Å². The monoisotopic (exact) mass is 405 g/mol. The number of pyridine rings is 2. The summed E-state index contributed by atoms with van der Waals surface area (Å²) in [6.45, 7) is 4.23. The highest BCUT2D eigenvalue weighted by Crippen LogP contribution is 2.24. The number of imidazole rings is 1. The fraction of sp³-hybridized carbons (Fsp3) is 0.154. The Morgan fingerprint density at radius 2 is 1.71 bits per heavy atom. The van der Waals surface area contributed by atoms with Gasteiger partial charge in [0, 0.05) is 42.1 Å². The van der Waals surface area contributed by atoms with Gasteiger partial charge in [-0.25, -0.2) is 4.98 Å². The number of hydrogen-bond donors (Lipinski definition) is 0. The van der Waals surface area contributed by atoms with Crippen molar-refractivity contribution in [2.24, 2.45) is 0 Å². The summed E-state index contributed by atoms with van der Waals surface area (Å²) in [5.74, 6) is 0. The SMILES string of the molecule is Cc1cccc(-c2ncc(CCc3nccn4c(-c5cccnc5)cnc34)cc2C)c1. The second-order valence-electron chi connectivity index (χ2n) is 7.83. The summed E-state index contributed by atoms with van der Waals surface area (Å²) >= 11 is 0. The Bertz CT molecular complexity index is 1360. The summed E-state index contributed by atoms with van der Waals surface area (Å²) in [5.41, 5.74) is 9.78. The molecule has 0 N–H and O–H groups in total. The van der Waals surface area contributed by atoms with E-state index in [1.165, 1.54) is 16.7 Å². The molecular weight excluding hydrogens is 382 g/mol. The molecule has 0 bridgehead atoms. The highest BCUT2D eigenvalue weighted by atomic mass is 15.0. The molecule has 31 heavy (non-hydrogen) atoms. The third-order valence-corrected chi connectivity index (χ3v) is 5.54. The van der Waals surface area contributed by atoms with Crippen LogP contribution in [0.25, 0.3) is 28.2 Å². The first-order valence-corrected chi connectivity index (χ1v) is 10.4. The fourth-order valence-electron chi connectivity index (χ4n) is 4.00. The molecule has 0 atom stereocenters. The molecular formula is C26H23N5. The quantitative estimate of drug-likeness (QED) is 0.400. The zero-order valence-corrected chi connectivity index (χ0v) is 17.7. The molecule has 4 aromatic heterocycles. The molecule has 0 aliphatic rings. The molecule has 5 aromatic rings. The van der Waals surface area contributed by atoms with Crippen LogP contribution in [0, 0.1) is 13.8 Å². The summed E-state index contributed by atoms with van der Waals surface area (Å²) in [6.07, 6.45) is 13.0. The van der Waals surface area contributed by atoms with E-state index in [1.807, 2.05) is 43.1 Å². The van der Waals surface area contributed by atoms with Gasteiger partial charge in [-0.15, -0.1) is 0 Å². The molecule has 0 radical (unpaired) electrons. The number of aryl methyl sites for hydroxylation is 4. The van der Waals surface area contributed by atoms with Crippen molar-refractivity contribution in [3.05, 3.63) is 102 Å². The van der Waals surface area contributed by atoms with Crippen molar-refractivity contribution in [1.82, 2.24) is 24.3 Å². The van der Waals surface area contributed by atoms with E-state index in [0.29, 0.717) is 0 Å². The molecule has 4 heterocycles. The number of benzene rings is 1. The van der Waals surface area contributed by atoms with Crippen LogP contribution in [0.4, 0.5) is 0 Å². The van der Waals surface area contributed by atoms with Crippen molar-refractivity contribution in [3.8, 4) is 22.5 Å². The lowest BCUT2D eigenvalue weighted by atomic mass is 10.0. The Hall–Kier alpha value is -3.86. The van der Waals surface area contributed by atoms with Crippen LogP contribution in [0.15, 0.2) is 79.6 Å². The largest absolute Gasteiger partial charge is 0.297 e. The van der Waals surface area contributed by atoms with Gasteiger partial charge in [0.1, 0.15) is 0 Å². The zero-order valence-electron chi connectivity index (χ0n) is 17.7. The van der Waals surface area contributed by atoms with Gasteiger partial charge >= 0.3 is 0 Å². The number of rotatable bonds is 5. The minimum atomic E-state index is 0.804. The van der Waals surface area contributed by atoms with Crippen LogP contribution in [0.1, 0.15) is 22.4 Å². The average molecular weight is 406 g/mol. The topological polar surface area (TPSA) is 56.0 Å². The Kier molecular flexibility index (Phi) is 5.00. The zero-order chi connectivity index (χ0) is 21.2. The van der Waals surface area contributed by atoms with Crippen molar-refractivity contribution in [2.45, 2.75) is 26.7 Å². The molecule has 5 rings (SSSR count). The Labute approximate surface area is 181 Å². The molecule has 0 saturated carbocycles. The maximum Gasteiger partial charge on any atom is 0.159 e. The van der Waals surface area contributed by atoms with Gasteiger partial charge in [0.15, 0.2) is 5.65 Å². The van der Waals surface area contributed by atoms with Gasteiger partial charge in [0.05, 0.1) is 23.3 Å². The van der Waals surface area contributed by atoms with E-state index in [-0.39, 0.29) is 0 Å². The minimum Gasteiger partial charge on any atom is -0.297 e. The number of hydrogen-bond acceptors (Lipinski definition) is 4. The smallest absolute Gasteiger partial charge is 0.159 e. The predicted octanol–water partition coefficient (Wildman–Crippen LogP) is 5.26. The van der Waals surface area contributed by atoms with Crippen molar-refractivity contribution in [3.63, 3.8) is 0 Å². The second kappa shape index (κ2) is 8.11. The van der Waals surface area contributed by atoms with E-state index < -0.39 is 0 Å².